The van der Waals surface area contributed by atoms with E-state index in [1.54, 1.807) is 7.05 Å². The first-order valence-corrected chi connectivity index (χ1v) is 12.1. The molecule has 1 aliphatic carbocycles. The summed E-state index contributed by atoms with van der Waals surface area (Å²) in [6.45, 7) is 0.763. The first-order valence-electron chi connectivity index (χ1n) is 10.6. The van der Waals surface area contributed by atoms with E-state index in [4.69, 9.17) is 0 Å². The predicted octanol–water partition coefficient (Wildman–Crippen LogP) is 4.22. The standard InChI is InChI=1S/C21H24F3N5O3S.CH4/c1-28(16-7-9-29(10-8-16)33(31,32)17-5-6-17)20(30)27-19-13-25-18(12-26-19)14-3-2-4-15(11-14)21(22,23)24;/h2-4,11-13,16-17H,5-10H2,1H3,(H,26,27,30);1H4. The third kappa shape index (κ3) is 5.66. The monoisotopic (exact) mass is 499 g/mol. The number of nitrogens with zero attached hydrogens (tertiary/aromatic N) is 4. The van der Waals surface area contributed by atoms with Crippen molar-refractivity contribution in [2.75, 3.05) is 25.5 Å². The Kier molecular flexibility index (Phi) is 7.51. The highest BCUT2D eigenvalue weighted by atomic mass is 32.2. The van der Waals surface area contributed by atoms with E-state index in [-0.39, 0.29) is 35.8 Å². The van der Waals surface area contributed by atoms with Gasteiger partial charge in [0.1, 0.15) is 0 Å². The van der Waals surface area contributed by atoms with Crippen LogP contribution in [0.25, 0.3) is 11.3 Å². The lowest BCUT2D eigenvalue weighted by atomic mass is 10.1. The Morgan fingerprint density at radius 3 is 2.35 bits per heavy atom. The van der Waals surface area contributed by atoms with Crippen LogP contribution in [0.3, 0.4) is 0 Å². The van der Waals surface area contributed by atoms with E-state index >= 15 is 0 Å². The molecule has 2 aliphatic rings. The molecule has 0 atom stereocenters. The Hall–Kier alpha value is -2.73. The molecule has 1 N–H and O–H groups in total. The van der Waals surface area contributed by atoms with Crippen molar-refractivity contribution in [1.29, 1.82) is 0 Å². The van der Waals surface area contributed by atoms with Crippen molar-refractivity contribution < 1.29 is 26.4 Å². The minimum atomic E-state index is -4.46. The van der Waals surface area contributed by atoms with E-state index in [2.05, 4.69) is 15.3 Å². The minimum Gasteiger partial charge on any atom is -0.324 e. The number of halogens is 3. The Balaban J connectivity index is 0.00000324. The lowest BCUT2D eigenvalue weighted by Crippen LogP contribution is -2.49. The summed E-state index contributed by atoms with van der Waals surface area (Å²) in [6.07, 6.45) is 0.640. The third-order valence-corrected chi connectivity index (χ3v) is 8.37. The van der Waals surface area contributed by atoms with Gasteiger partial charge in [0, 0.05) is 31.7 Å². The molecule has 1 aromatic carbocycles. The summed E-state index contributed by atoms with van der Waals surface area (Å²) < 4.78 is 65.0. The number of hydrogen-bond acceptors (Lipinski definition) is 5. The Morgan fingerprint density at radius 1 is 1.12 bits per heavy atom. The number of hydrogen-bond donors (Lipinski definition) is 1. The second kappa shape index (κ2) is 9.87. The van der Waals surface area contributed by atoms with Crippen molar-refractivity contribution >= 4 is 21.9 Å². The van der Waals surface area contributed by atoms with Crippen LogP contribution >= 0.6 is 0 Å². The predicted molar refractivity (Wildman–Crippen MR) is 123 cm³/mol. The quantitative estimate of drug-likeness (QED) is 0.665. The van der Waals surface area contributed by atoms with E-state index in [9.17, 15) is 26.4 Å². The zero-order valence-electron chi connectivity index (χ0n) is 17.9. The molecule has 0 unspecified atom stereocenters. The van der Waals surface area contributed by atoms with Gasteiger partial charge < -0.3 is 4.90 Å². The van der Waals surface area contributed by atoms with E-state index < -0.39 is 27.8 Å². The van der Waals surface area contributed by atoms with Crippen molar-refractivity contribution in [3.8, 4) is 11.3 Å². The number of anilines is 1. The van der Waals surface area contributed by atoms with Gasteiger partial charge in [-0.1, -0.05) is 19.6 Å². The summed E-state index contributed by atoms with van der Waals surface area (Å²) in [5, 5.41) is 2.38. The molecule has 2 heterocycles. The number of piperidine rings is 1. The highest BCUT2D eigenvalue weighted by molar-refractivity contribution is 7.90. The smallest absolute Gasteiger partial charge is 0.324 e. The molecule has 34 heavy (non-hydrogen) atoms. The van der Waals surface area contributed by atoms with Crippen LogP contribution in [0.5, 0.6) is 0 Å². The molecule has 2 aromatic rings. The van der Waals surface area contributed by atoms with Crippen molar-refractivity contribution in [1.82, 2.24) is 19.2 Å². The van der Waals surface area contributed by atoms with Gasteiger partial charge in [0.2, 0.25) is 10.0 Å². The van der Waals surface area contributed by atoms with Crippen LogP contribution in [0, 0.1) is 0 Å². The molecule has 1 aromatic heterocycles. The molecule has 12 heteroatoms. The highest BCUT2D eigenvalue weighted by Gasteiger charge is 2.41. The number of rotatable bonds is 5. The number of benzene rings is 1. The molecule has 4 rings (SSSR count). The largest absolute Gasteiger partial charge is 0.416 e. The summed E-state index contributed by atoms with van der Waals surface area (Å²) in [6, 6.07) is 4.24. The van der Waals surface area contributed by atoms with Gasteiger partial charge in [-0.2, -0.15) is 13.2 Å². The Labute approximate surface area is 197 Å². The number of alkyl halides is 3. The van der Waals surface area contributed by atoms with Gasteiger partial charge in [0.05, 0.1) is 28.9 Å². The number of urea groups is 1. The second-order valence-electron chi connectivity index (χ2n) is 8.28. The van der Waals surface area contributed by atoms with Gasteiger partial charge >= 0.3 is 12.2 Å². The maximum Gasteiger partial charge on any atom is 0.416 e. The molecule has 0 spiro atoms. The Bertz CT molecular complexity index is 1110. The number of aromatic nitrogens is 2. The van der Waals surface area contributed by atoms with Gasteiger partial charge in [-0.25, -0.2) is 22.5 Å². The SMILES string of the molecule is C.CN(C(=O)Nc1cnc(-c2cccc(C(F)(F)F)c2)cn1)C1CCN(S(=O)(=O)C2CC2)CC1. The maximum atomic E-state index is 12.9. The first kappa shape index (κ1) is 25.9. The summed E-state index contributed by atoms with van der Waals surface area (Å²) in [5.41, 5.74) is -0.270. The van der Waals surface area contributed by atoms with E-state index in [0.29, 0.717) is 25.9 Å². The minimum absolute atomic E-state index is 0. The third-order valence-electron chi connectivity index (χ3n) is 5.97. The summed E-state index contributed by atoms with van der Waals surface area (Å²) in [7, 11) is -1.58. The fraction of sp³-hybridized carbons (Fsp3) is 0.500. The normalized spacial score (nSPS) is 17.6. The van der Waals surface area contributed by atoms with Crippen LogP contribution in [0.15, 0.2) is 36.7 Å². The van der Waals surface area contributed by atoms with Gasteiger partial charge in [-0.3, -0.25) is 10.3 Å². The number of amides is 2. The van der Waals surface area contributed by atoms with Crippen molar-refractivity contribution in [3.05, 3.63) is 42.2 Å². The van der Waals surface area contributed by atoms with Gasteiger partial charge in [0.25, 0.3) is 0 Å². The van der Waals surface area contributed by atoms with Gasteiger partial charge in [-0.05, 0) is 37.8 Å². The van der Waals surface area contributed by atoms with E-state index in [0.717, 1.165) is 25.0 Å². The number of carbonyl (C=O) groups is 1. The molecule has 0 radical (unpaired) electrons. The molecular weight excluding hydrogens is 471 g/mol. The molecule has 2 fully saturated rings. The van der Waals surface area contributed by atoms with Crippen LogP contribution in [-0.4, -0.2) is 65.1 Å². The molecule has 2 amide bonds. The fourth-order valence-corrected chi connectivity index (χ4v) is 5.69. The number of carbonyl (C=O) groups excluding carboxylic acids is 1. The average molecular weight is 500 g/mol. The van der Waals surface area contributed by atoms with Crippen LogP contribution < -0.4 is 5.32 Å². The fourth-order valence-electron chi connectivity index (χ4n) is 3.82. The highest BCUT2D eigenvalue weighted by Crippen LogP contribution is 2.33. The van der Waals surface area contributed by atoms with Crippen molar-refractivity contribution in [2.24, 2.45) is 0 Å². The molecule has 1 aliphatic heterocycles. The topological polar surface area (TPSA) is 95.5 Å². The van der Waals surface area contributed by atoms with E-state index in [1.165, 1.54) is 33.7 Å². The van der Waals surface area contributed by atoms with Crippen LogP contribution in [0.4, 0.5) is 23.8 Å². The molecular formula is C22H28F3N5O3S. The molecule has 8 nitrogen and oxygen atoms in total. The average Bonchev–Trinajstić information content (AvgIpc) is 3.65. The zero-order valence-corrected chi connectivity index (χ0v) is 18.7. The maximum absolute atomic E-state index is 12.9. The summed E-state index contributed by atoms with van der Waals surface area (Å²) >= 11 is 0. The first-order chi connectivity index (χ1) is 15.6. The lowest BCUT2D eigenvalue weighted by Gasteiger charge is -2.36. The number of sulfonamides is 1. The molecule has 1 saturated heterocycles. The summed E-state index contributed by atoms with van der Waals surface area (Å²) in [5.74, 6) is 0.163. The van der Waals surface area contributed by atoms with Crippen molar-refractivity contribution in [3.63, 3.8) is 0 Å². The van der Waals surface area contributed by atoms with Crippen molar-refractivity contribution in [2.45, 2.75) is 50.6 Å². The van der Waals surface area contributed by atoms with Crippen LogP contribution in [-0.2, 0) is 16.2 Å². The molecule has 1 saturated carbocycles. The van der Waals surface area contributed by atoms with Crippen LogP contribution in [0.2, 0.25) is 0 Å². The van der Waals surface area contributed by atoms with Gasteiger partial charge in [-0.15, -0.1) is 0 Å². The van der Waals surface area contributed by atoms with Crippen LogP contribution in [0.1, 0.15) is 38.7 Å². The van der Waals surface area contributed by atoms with Gasteiger partial charge in [0.15, 0.2) is 5.82 Å². The second-order valence-corrected chi connectivity index (χ2v) is 10.5. The lowest BCUT2D eigenvalue weighted by molar-refractivity contribution is -0.137. The molecule has 186 valence electrons. The van der Waals surface area contributed by atoms with E-state index in [1.807, 2.05) is 0 Å². The zero-order chi connectivity index (χ0) is 23.8. The Morgan fingerprint density at radius 2 is 1.79 bits per heavy atom. The molecule has 0 bridgehead atoms. The summed E-state index contributed by atoms with van der Waals surface area (Å²) in [4.78, 5) is 22.3. The number of nitrogens with one attached hydrogen (secondary N) is 1.